The summed E-state index contributed by atoms with van der Waals surface area (Å²) >= 11 is 3.59. The summed E-state index contributed by atoms with van der Waals surface area (Å²) in [5, 5.41) is 2.97. The van der Waals surface area contributed by atoms with Crippen molar-refractivity contribution in [2.24, 2.45) is 0 Å². The van der Waals surface area contributed by atoms with Gasteiger partial charge in [0.25, 0.3) is 0 Å². The van der Waals surface area contributed by atoms with Gasteiger partial charge in [0, 0.05) is 36.8 Å². The third-order valence-electron chi connectivity index (χ3n) is 3.43. The summed E-state index contributed by atoms with van der Waals surface area (Å²) in [6.45, 7) is 5.22. The van der Waals surface area contributed by atoms with Crippen LogP contribution >= 0.6 is 23.5 Å². The predicted molar refractivity (Wildman–Crippen MR) is 90.7 cm³/mol. The summed E-state index contributed by atoms with van der Waals surface area (Å²) in [6, 6.07) is 8.20. The second-order valence-electron chi connectivity index (χ2n) is 4.96. The number of thioether (sulfide) groups is 2. The molecule has 0 aliphatic carbocycles. The Morgan fingerprint density at radius 3 is 2.90 bits per heavy atom. The van der Waals surface area contributed by atoms with Crippen LogP contribution in [0.15, 0.2) is 24.3 Å². The lowest BCUT2D eigenvalue weighted by atomic mass is 10.2. The molecule has 1 aromatic rings. The normalized spacial score (nSPS) is 17.7. The summed E-state index contributed by atoms with van der Waals surface area (Å²) in [5.41, 5.74) is 2.17. The zero-order valence-electron chi connectivity index (χ0n) is 12.1. The second-order valence-corrected chi connectivity index (χ2v) is 7.36. The van der Waals surface area contributed by atoms with E-state index in [1.54, 1.807) is 11.8 Å². The van der Waals surface area contributed by atoms with Gasteiger partial charge >= 0.3 is 0 Å². The molecule has 1 aliphatic rings. The Hall–Kier alpha value is -0.650. The number of carbonyl (C=O) groups is 1. The molecule has 1 N–H and O–H groups in total. The third kappa shape index (κ3) is 4.72. The highest BCUT2D eigenvalue weighted by Gasteiger charge is 2.13. The van der Waals surface area contributed by atoms with Crippen LogP contribution in [0.25, 0.3) is 0 Å². The van der Waals surface area contributed by atoms with Crippen LogP contribution in [0.1, 0.15) is 12.5 Å². The molecule has 0 aromatic heterocycles. The summed E-state index contributed by atoms with van der Waals surface area (Å²) < 4.78 is 0. The molecule has 110 valence electrons. The minimum atomic E-state index is -0.0159. The van der Waals surface area contributed by atoms with Crippen molar-refractivity contribution >= 4 is 35.1 Å². The van der Waals surface area contributed by atoms with Crippen LogP contribution < -0.4 is 5.32 Å². The Morgan fingerprint density at radius 1 is 1.45 bits per heavy atom. The Kier molecular flexibility index (Phi) is 6.26. The molecule has 1 saturated heterocycles. The lowest BCUT2D eigenvalue weighted by molar-refractivity contribution is -0.115. The predicted octanol–water partition coefficient (Wildman–Crippen LogP) is 2.93. The molecule has 1 amide bonds. The highest BCUT2D eigenvalue weighted by atomic mass is 32.2. The highest BCUT2D eigenvalue weighted by Crippen LogP contribution is 2.17. The number of benzene rings is 1. The maximum absolute atomic E-state index is 11.9. The number of nitrogens with one attached hydrogen (secondary N) is 1. The molecular formula is C15H22N2OS2. The van der Waals surface area contributed by atoms with Gasteiger partial charge in [-0.25, -0.2) is 0 Å². The Labute approximate surface area is 129 Å². The first-order valence-corrected chi connectivity index (χ1v) is 9.36. The first kappa shape index (κ1) is 15.7. The molecule has 1 fully saturated rings. The number of nitrogens with zero attached hydrogens (tertiary/aromatic N) is 1. The van der Waals surface area contributed by atoms with E-state index in [2.05, 4.69) is 22.3 Å². The molecule has 0 saturated carbocycles. The van der Waals surface area contributed by atoms with Gasteiger partial charge in [0.05, 0.1) is 5.25 Å². The maximum Gasteiger partial charge on any atom is 0.237 e. The highest BCUT2D eigenvalue weighted by molar-refractivity contribution is 8.00. The van der Waals surface area contributed by atoms with Crippen LogP contribution in [0.5, 0.6) is 0 Å². The molecule has 0 unspecified atom stereocenters. The standard InChI is InChI=1S/C15H22N2OS2/c1-12(19-2)15(18)16-14-5-3-4-13(10-14)11-17-6-8-20-9-7-17/h3-5,10,12H,6-9,11H2,1-2H3,(H,16,18)/t12-/m1/s1. The van der Waals surface area contributed by atoms with Crippen molar-refractivity contribution in [2.75, 3.05) is 36.2 Å². The van der Waals surface area contributed by atoms with Crippen LogP contribution in [0.2, 0.25) is 0 Å². The minimum Gasteiger partial charge on any atom is -0.325 e. The first-order valence-electron chi connectivity index (χ1n) is 6.92. The van der Waals surface area contributed by atoms with Gasteiger partial charge < -0.3 is 5.32 Å². The molecule has 0 bridgehead atoms. The number of anilines is 1. The van der Waals surface area contributed by atoms with Crippen LogP contribution in [-0.4, -0.2) is 46.9 Å². The lowest BCUT2D eigenvalue weighted by Crippen LogP contribution is -2.32. The zero-order chi connectivity index (χ0) is 14.4. The summed E-state index contributed by atoms with van der Waals surface area (Å²) in [6.07, 6.45) is 1.95. The summed E-state index contributed by atoms with van der Waals surface area (Å²) in [5.74, 6) is 2.52. The van der Waals surface area contributed by atoms with Crippen molar-refractivity contribution in [3.8, 4) is 0 Å². The van der Waals surface area contributed by atoms with Crippen LogP contribution in [0.3, 0.4) is 0 Å². The maximum atomic E-state index is 11.9. The molecular weight excluding hydrogens is 288 g/mol. The van der Waals surface area contributed by atoms with E-state index in [1.165, 1.54) is 17.1 Å². The van der Waals surface area contributed by atoms with Crippen molar-refractivity contribution in [2.45, 2.75) is 18.7 Å². The summed E-state index contributed by atoms with van der Waals surface area (Å²) in [4.78, 5) is 14.4. The minimum absolute atomic E-state index is 0.0159. The van der Waals surface area contributed by atoms with E-state index >= 15 is 0 Å². The SMILES string of the molecule is CS[C@H](C)C(=O)Nc1cccc(CN2CCSCC2)c1. The third-order valence-corrected chi connectivity index (χ3v) is 5.29. The monoisotopic (exact) mass is 310 g/mol. The molecule has 1 aromatic carbocycles. The van der Waals surface area contributed by atoms with Gasteiger partial charge in [-0.15, -0.1) is 0 Å². The molecule has 0 radical (unpaired) electrons. The second kappa shape index (κ2) is 7.96. The number of amides is 1. The van der Waals surface area contributed by atoms with Crippen molar-refractivity contribution < 1.29 is 4.79 Å². The van der Waals surface area contributed by atoms with Gasteiger partial charge in [0.15, 0.2) is 0 Å². The fourth-order valence-corrected chi connectivity index (χ4v) is 3.37. The number of hydrogen-bond donors (Lipinski definition) is 1. The van der Waals surface area contributed by atoms with Crippen molar-refractivity contribution in [3.05, 3.63) is 29.8 Å². The van der Waals surface area contributed by atoms with E-state index in [-0.39, 0.29) is 11.2 Å². The quantitative estimate of drug-likeness (QED) is 0.906. The average molecular weight is 310 g/mol. The van der Waals surface area contributed by atoms with Crippen molar-refractivity contribution in [1.29, 1.82) is 0 Å². The van der Waals surface area contributed by atoms with Crippen LogP contribution in [0.4, 0.5) is 5.69 Å². The topological polar surface area (TPSA) is 32.3 Å². The van der Waals surface area contributed by atoms with E-state index in [0.29, 0.717) is 0 Å². The zero-order valence-corrected chi connectivity index (χ0v) is 13.7. The van der Waals surface area contributed by atoms with Gasteiger partial charge in [-0.3, -0.25) is 9.69 Å². The molecule has 2 rings (SSSR count). The molecule has 1 heterocycles. The molecule has 1 aliphatic heterocycles. The molecule has 1 atom stereocenters. The smallest absolute Gasteiger partial charge is 0.237 e. The fraction of sp³-hybridized carbons (Fsp3) is 0.533. The van der Waals surface area contributed by atoms with Gasteiger partial charge in [0.1, 0.15) is 0 Å². The van der Waals surface area contributed by atoms with Gasteiger partial charge in [0.2, 0.25) is 5.91 Å². The summed E-state index contributed by atoms with van der Waals surface area (Å²) in [7, 11) is 0. The van der Waals surface area contributed by atoms with Gasteiger partial charge in [-0.05, 0) is 30.9 Å². The van der Waals surface area contributed by atoms with E-state index < -0.39 is 0 Å². The average Bonchev–Trinajstić information content (AvgIpc) is 2.47. The van der Waals surface area contributed by atoms with Crippen molar-refractivity contribution in [3.63, 3.8) is 0 Å². The molecule has 5 heteroatoms. The van der Waals surface area contributed by atoms with E-state index in [4.69, 9.17) is 0 Å². The van der Waals surface area contributed by atoms with Gasteiger partial charge in [-0.2, -0.15) is 23.5 Å². The number of carbonyl (C=O) groups excluding carboxylic acids is 1. The Balaban J connectivity index is 1.94. The molecule has 3 nitrogen and oxygen atoms in total. The van der Waals surface area contributed by atoms with Crippen molar-refractivity contribution in [1.82, 2.24) is 4.90 Å². The number of rotatable bonds is 5. The Morgan fingerprint density at radius 2 is 2.20 bits per heavy atom. The number of hydrogen-bond acceptors (Lipinski definition) is 4. The molecule has 20 heavy (non-hydrogen) atoms. The first-order chi connectivity index (χ1) is 9.69. The Bertz CT molecular complexity index is 447. The van der Waals surface area contributed by atoms with Crippen LogP contribution in [-0.2, 0) is 11.3 Å². The lowest BCUT2D eigenvalue weighted by Gasteiger charge is -2.26. The largest absolute Gasteiger partial charge is 0.325 e. The van der Waals surface area contributed by atoms with Crippen LogP contribution in [0, 0.1) is 0 Å². The van der Waals surface area contributed by atoms with E-state index in [9.17, 15) is 4.79 Å². The van der Waals surface area contributed by atoms with E-state index in [0.717, 1.165) is 25.3 Å². The van der Waals surface area contributed by atoms with Gasteiger partial charge in [-0.1, -0.05) is 12.1 Å². The fourth-order valence-electron chi connectivity index (χ4n) is 2.12. The molecule has 0 spiro atoms. The van der Waals surface area contributed by atoms with E-state index in [1.807, 2.05) is 37.1 Å².